The molecule has 92 valence electrons. The quantitative estimate of drug-likeness (QED) is 0.834. The van der Waals surface area contributed by atoms with Crippen LogP contribution in [-0.2, 0) is 11.3 Å². The predicted molar refractivity (Wildman–Crippen MR) is 69.0 cm³/mol. The largest absolute Gasteiger partial charge is 0.385 e. The molecule has 0 aliphatic heterocycles. The summed E-state index contributed by atoms with van der Waals surface area (Å²) in [4.78, 5) is 4.25. The van der Waals surface area contributed by atoms with E-state index in [0.717, 1.165) is 25.3 Å². The Labute approximate surface area is 104 Å². The van der Waals surface area contributed by atoms with E-state index in [4.69, 9.17) is 4.74 Å². The first-order valence-electron chi connectivity index (χ1n) is 5.37. The molecule has 3 nitrogen and oxygen atoms in total. The molecular formula is C12H21ClN2O. The molecule has 0 bridgehead atoms. The number of nitrogens with zero attached hydrogens (tertiary/aromatic N) is 1. The number of halogens is 1. The normalized spacial score (nSPS) is 11.9. The molecule has 0 fully saturated rings. The average Bonchev–Trinajstić information content (AvgIpc) is 2.25. The lowest BCUT2D eigenvalue weighted by Gasteiger charge is -2.13. The number of aromatic nitrogens is 1. The third-order valence-corrected chi connectivity index (χ3v) is 2.51. The monoisotopic (exact) mass is 244 g/mol. The molecule has 1 rings (SSSR count). The van der Waals surface area contributed by atoms with Crippen molar-refractivity contribution in [2.45, 2.75) is 32.9 Å². The summed E-state index contributed by atoms with van der Waals surface area (Å²) in [6.45, 7) is 5.90. The van der Waals surface area contributed by atoms with Crippen LogP contribution in [0.15, 0.2) is 18.3 Å². The van der Waals surface area contributed by atoms with Gasteiger partial charge in [-0.3, -0.25) is 4.98 Å². The molecule has 0 amide bonds. The minimum atomic E-state index is 0. The summed E-state index contributed by atoms with van der Waals surface area (Å²) in [5, 5.41) is 3.45. The fourth-order valence-electron chi connectivity index (χ4n) is 1.39. The van der Waals surface area contributed by atoms with Gasteiger partial charge in [0.25, 0.3) is 0 Å². The fourth-order valence-corrected chi connectivity index (χ4v) is 1.39. The fraction of sp³-hybridized carbons (Fsp3) is 0.583. The van der Waals surface area contributed by atoms with E-state index in [9.17, 15) is 0 Å². The second-order valence-corrected chi connectivity index (χ2v) is 3.81. The summed E-state index contributed by atoms with van der Waals surface area (Å²) >= 11 is 0. The molecule has 1 N–H and O–H groups in total. The number of methoxy groups -OCH3 is 1. The van der Waals surface area contributed by atoms with Crippen molar-refractivity contribution in [2.75, 3.05) is 13.7 Å². The SMILES string of the molecule is COCCC(C)NCc1cccnc1C.Cl. The summed E-state index contributed by atoms with van der Waals surface area (Å²) in [6, 6.07) is 4.56. The number of nitrogens with one attached hydrogen (secondary N) is 1. The molecule has 16 heavy (non-hydrogen) atoms. The van der Waals surface area contributed by atoms with Gasteiger partial charge in [-0.15, -0.1) is 12.4 Å². The molecular weight excluding hydrogens is 224 g/mol. The van der Waals surface area contributed by atoms with Crippen molar-refractivity contribution in [1.29, 1.82) is 0 Å². The lowest BCUT2D eigenvalue weighted by atomic mass is 10.2. The van der Waals surface area contributed by atoms with Crippen LogP contribution in [0.1, 0.15) is 24.6 Å². The van der Waals surface area contributed by atoms with Crippen LogP contribution in [0.5, 0.6) is 0 Å². The third kappa shape index (κ3) is 5.45. The molecule has 0 saturated carbocycles. The first-order chi connectivity index (χ1) is 7.24. The van der Waals surface area contributed by atoms with Gasteiger partial charge < -0.3 is 10.1 Å². The molecule has 0 aliphatic rings. The van der Waals surface area contributed by atoms with Crippen LogP contribution in [0.25, 0.3) is 0 Å². The topological polar surface area (TPSA) is 34.1 Å². The first kappa shape index (κ1) is 15.4. The van der Waals surface area contributed by atoms with Gasteiger partial charge in [-0.25, -0.2) is 0 Å². The van der Waals surface area contributed by atoms with Crippen molar-refractivity contribution in [1.82, 2.24) is 10.3 Å². The highest BCUT2D eigenvalue weighted by Gasteiger charge is 2.02. The van der Waals surface area contributed by atoms with Crippen LogP contribution >= 0.6 is 12.4 Å². The van der Waals surface area contributed by atoms with Crippen LogP contribution in [0, 0.1) is 6.92 Å². The van der Waals surface area contributed by atoms with Gasteiger partial charge >= 0.3 is 0 Å². The van der Waals surface area contributed by atoms with Gasteiger partial charge in [0.2, 0.25) is 0 Å². The van der Waals surface area contributed by atoms with E-state index < -0.39 is 0 Å². The van der Waals surface area contributed by atoms with Crippen molar-refractivity contribution in [3.05, 3.63) is 29.6 Å². The van der Waals surface area contributed by atoms with Crippen molar-refractivity contribution in [3.63, 3.8) is 0 Å². The van der Waals surface area contributed by atoms with Crippen molar-refractivity contribution in [2.24, 2.45) is 0 Å². The van der Waals surface area contributed by atoms with Crippen LogP contribution in [-0.4, -0.2) is 24.7 Å². The zero-order valence-corrected chi connectivity index (χ0v) is 11.0. The Bertz CT molecular complexity index is 294. The standard InChI is InChI=1S/C12H20N2O.ClH/c1-10(6-8-15-3)14-9-12-5-4-7-13-11(12)2;/h4-5,7,10,14H,6,8-9H2,1-3H3;1H. The summed E-state index contributed by atoms with van der Waals surface area (Å²) in [5.74, 6) is 0. The second-order valence-electron chi connectivity index (χ2n) is 3.81. The third-order valence-electron chi connectivity index (χ3n) is 2.51. The van der Waals surface area contributed by atoms with Crippen LogP contribution in [0.3, 0.4) is 0 Å². The molecule has 0 aliphatic carbocycles. The predicted octanol–water partition coefficient (Wildman–Crippen LogP) is 2.33. The lowest BCUT2D eigenvalue weighted by molar-refractivity contribution is 0.184. The molecule has 1 unspecified atom stereocenters. The number of rotatable bonds is 6. The minimum Gasteiger partial charge on any atom is -0.385 e. The molecule has 0 spiro atoms. The maximum atomic E-state index is 5.04. The molecule has 1 heterocycles. The highest BCUT2D eigenvalue weighted by molar-refractivity contribution is 5.85. The van der Waals surface area contributed by atoms with Crippen molar-refractivity contribution in [3.8, 4) is 0 Å². The molecule has 1 aromatic rings. The maximum Gasteiger partial charge on any atom is 0.0476 e. The van der Waals surface area contributed by atoms with E-state index in [1.807, 2.05) is 19.2 Å². The minimum absolute atomic E-state index is 0. The van der Waals surface area contributed by atoms with E-state index in [2.05, 4.69) is 23.3 Å². The summed E-state index contributed by atoms with van der Waals surface area (Å²) in [5.41, 5.74) is 2.37. The average molecular weight is 245 g/mol. The highest BCUT2D eigenvalue weighted by Crippen LogP contribution is 2.03. The number of ether oxygens (including phenoxy) is 1. The summed E-state index contributed by atoms with van der Waals surface area (Å²) < 4.78 is 5.04. The van der Waals surface area contributed by atoms with Gasteiger partial charge in [0.15, 0.2) is 0 Å². The molecule has 0 radical (unpaired) electrons. The first-order valence-corrected chi connectivity index (χ1v) is 5.37. The molecule has 0 saturated heterocycles. The Morgan fingerprint density at radius 3 is 2.88 bits per heavy atom. The number of aryl methyl sites for hydroxylation is 1. The van der Waals surface area contributed by atoms with Gasteiger partial charge in [-0.1, -0.05) is 6.07 Å². The summed E-state index contributed by atoms with van der Waals surface area (Å²) in [7, 11) is 1.73. The van der Waals surface area contributed by atoms with Gasteiger partial charge in [0.05, 0.1) is 0 Å². The Morgan fingerprint density at radius 1 is 1.50 bits per heavy atom. The molecule has 1 atom stereocenters. The van der Waals surface area contributed by atoms with Crippen LogP contribution in [0.4, 0.5) is 0 Å². The van der Waals surface area contributed by atoms with Crippen LogP contribution in [0.2, 0.25) is 0 Å². The van der Waals surface area contributed by atoms with E-state index in [1.165, 1.54) is 5.56 Å². The highest BCUT2D eigenvalue weighted by atomic mass is 35.5. The number of hydrogen-bond acceptors (Lipinski definition) is 3. The molecule has 1 aromatic heterocycles. The van der Waals surface area contributed by atoms with Crippen molar-refractivity contribution >= 4 is 12.4 Å². The van der Waals surface area contributed by atoms with E-state index in [1.54, 1.807) is 7.11 Å². The lowest BCUT2D eigenvalue weighted by Crippen LogP contribution is -2.27. The second kappa shape index (κ2) is 8.50. The van der Waals surface area contributed by atoms with Gasteiger partial charge in [0, 0.05) is 38.2 Å². The van der Waals surface area contributed by atoms with Crippen molar-refractivity contribution < 1.29 is 4.74 Å². The zero-order valence-electron chi connectivity index (χ0n) is 10.2. The number of hydrogen-bond donors (Lipinski definition) is 1. The maximum absolute atomic E-state index is 5.04. The summed E-state index contributed by atoms with van der Waals surface area (Å²) in [6.07, 6.45) is 2.86. The van der Waals surface area contributed by atoms with E-state index in [-0.39, 0.29) is 12.4 Å². The Kier molecular flexibility index (Phi) is 8.16. The Balaban J connectivity index is 0.00000225. The Morgan fingerprint density at radius 2 is 2.25 bits per heavy atom. The van der Waals surface area contributed by atoms with Gasteiger partial charge in [-0.05, 0) is 31.9 Å². The van der Waals surface area contributed by atoms with Crippen LogP contribution < -0.4 is 5.32 Å². The van der Waals surface area contributed by atoms with Gasteiger partial charge in [0.1, 0.15) is 0 Å². The molecule has 4 heteroatoms. The Hall–Kier alpha value is -0.640. The van der Waals surface area contributed by atoms with Gasteiger partial charge in [-0.2, -0.15) is 0 Å². The number of pyridine rings is 1. The van der Waals surface area contributed by atoms with E-state index >= 15 is 0 Å². The van der Waals surface area contributed by atoms with E-state index in [0.29, 0.717) is 6.04 Å². The zero-order chi connectivity index (χ0) is 11.1. The smallest absolute Gasteiger partial charge is 0.0476 e. The molecule has 0 aromatic carbocycles.